The third kappa shape index (κ3) is 9.58. The van der Waals surface area contributed by atoms with Crippen LogP contribution in [-0.2, 0) is 11.3 Å². The molecule has 1 aromatic heterocycles. The van der Waals surface area contributed by atoms with Gasteiger partial charge in [0.1, 0.15) is 5.60 Å². The number of aromatic nitrogens is 1. The Morgan fingerprint density at radius 3 is 2.42 bits per heavy atom. The lowest BCUT2D eigenvalue weighted by Gasteiger charge is -2.24. The number of carbonyl (C=O) groups is 1. The number of ether oxygens (including phenoxy) is 1. The third-order valence-corrected chi connectivity index (χ3v) is 4.19. The highest BCUT2D eigenvalue weighted by molar-refractivity contribution is 14.0. The predicted molar refractivity (Wildman–Crippen MR) is 133 cm³/mol. The molecule has 1 atom stereocenters. The van der Waals surface area contributed by atoms with Gasteiger partial charge < -0.3 is 25.2 Å². The van der Waals surface area contributed by atoms with E-state index in [1.807, 2.05) is 57.2 Å². The van der Waals surface area contributed by atoms with Crippen molar-refractivity contribution in [2.45, 2.75) is 58.7 Å². The summed E-state index contributed by atoms with van der Waals surface area (Å²) < 4.78 is 10.8. The van der Waals surface area contributed by atoms with Crippen molar-refractivity contribution in [3.63, 3.8) is 0 Å². The summed E-state index contributed by atoms with van der Waals surface area (Å²) in [6, 6.07) is 11.4. The normalized spacial score (nSPS) is 12.7. The second kappa shape index (κ2) is 12.5. The van der Waals surface area contributed by atoms with Gasteiger partial charge in [-0.05, 0) is 32.3 Å². The average Bonchev–Trinajstić information content (AvgIpc) is 3.16. The highest BCUT2D eigenvalue weighted by atomic mass is 127. The molecule has 0 spiro atoms. The fourth-order valence-corrected chi connectivity index (χ4v) is 2.66. The van der Waals surface area contributed by atoms with E-state index in [1.165, 1.54) is 0 Å². The van der Waals surface area contributed by atoms with Crippen molar-refractivity contribution in [2.75, 3.05) is 13.6 Å². The number of alkyl carbamates (subject to hydrolysis) is 1. The van der Waals surface area contributed by atoms with Crippen molar-refractivity contribution < 1.29 is 14.1 Å². The molecule has 2 rings (SSSR count). The Morgan fingerprint density at radius 1 is 1.19 bits per heavy atom. The quantitative estimate of drug-likeness (QED) is 0.273. The number of guanidine groups is 1. The number of amides is 1. The van der Waals surface area contributed by atoms with Crippen LogP contribution in [0, 0.1) is 0 Å². The van der Waals surface area contributed by atoms with Crippen molar-refractivity contribution >= 4 is 36.0 Å². The SMILES string of the molecule is CN=C(NCc1cc(C(C)C)no1)NCC(NC(=O)OC(C)(C)C)c1ccccc1.I. The summed E-state index contributed by atoms with van der Waals surface area (Å²) in [7, 11) is 1.69. The Bertz CT molecular complexity index is 831. The molecule has 1 amide bonds. The van der Waals surface area contributed by atoms with Crippen LogP contribution < -0.4 is 16.0 Å². The van der Waals surface area contributed by atoms with Gasteiger partial charge in [0.05, 0.1) is 18.3 Å². The van der Waals surface area contributed by atoms with Crippen molar-refractivity contribution in [1.29, 1.82) is 0 Å². The maximum absolute atomic E-state index is 12.3. The van der Waals surface area contributed by atoms with Crippen LogP contribution in [0.25, 0.3) is 0 Å². The van der Waals surface area contributed by atoms with Gasteiger partial charge in [-0.3, -0.25) is 4.99 Å². The van der Waals surface area contributed by atoms with Gasteiger partial charge in [0, 0.05) is 19.7 Å². The summed E-state index contributed by atoms with van der Waals surface area (Å²) in [6.07, 6.45) is -0.469. The molecule has 0 fully saturated rings. The van der Waals surface area contributed by atoms with Gasteiger partial charge >= 0.3 is 6.09 Å². The fraction of sp³-hybridized carbons (Fsp3) is 0.500. The maximum atomic E-state index is 12.3. The zero-order valence-electron chi connectivity index (χ0n) is 19.1. The van der Waals surface area contributed by atoms with Crippen LogP contribution in [0.4, 0.5) is 4.79 Å². The highest BCUT2D eigenvalue weighted by Gasteiger charge is 2.21. The average molecular weight is 543 g/mol. The fourth-order valence-electron chi connectivity index (χ4n) is 2.66. The molecule has 0 saturated carbocycles. The van der Waals surface area contributed by atoms with Gasteiger partial charge in [-0.2, -0.15) is 0 Å². The van der Waals surface area contributed by atoms with E-state index in [9.17, 15) is 4.79 Å². The lowest BCUT2D eigenvalue weighted by molar-refractivity contribution is 0.0504. The third-order valence-electron chi connectivity index (χ3n) is 4.19. The van der Waals surface area contributed by atoms with E-state index < -0.39 is 11.7 Å². The lowest BCUT2D eigenvalue weighted by Crippen LogP contribution is -2.44. The first-order valence-electron chi connectivity index (χ1n) is 10.1. The molecule has 0 saturated heterocycles. The zero-order chi connectivity index (χ0) is 22.1. The van der Waals surface area contributed by atoms with Crippen molar-refractivity contribution in [1.82, 2.24) is 21.1 Å². The molecule has 8 nitrogen and oxygen atoms in total. The number of carbonyl (C=O) groups excluding carboxylic acids is 1. The number of aliphatic imine (C=N–C) groups is 1. The number of hydrogen-bond donors (Lipinski definition) is 3. The Morgan fingerprint density at radius 2 is 1.87 bits per heavy atom. The summed E-state index contributed by atoms with van der Waals surface area (Å²) in [5.41, 5.74) is 1.31. The molecule has 31 heavy (non-hydrogen) atoms. The van der Waals surface area contributed by atoms with E-state index in [0.717, 1.165) is 17.0 Å². The standard InChI is InChI=1S/C22H33N5O3.HI/c1-15(2)18-12-17(30-27-18)13-24-20(23-6)25-14-19(16-10-8-7-9-11-16)26-21(28)29-22(3,4)5;/h7-12,15,19H,13-14H2,1-6H3,(H,26,28)(H2,23,24,25);1H. The van der Waals surface area contributed by atoms with Crippen LogP contribution in [0.5, 0.6) is 0 Å². The van der Waals surface area contributed by atoms with Crippen LogP contribution >= 0.6 is 24.0 Å². The van der Waals surface area contributed by atoms with E-state index in [0.29, 0.717) is 25.0 Å². The Labute approximate surface area is 201 Å². The number of nitrogens with zero attached hydrogens (tertiary/aromatic N) is 2. The van der Waals surface area contributed by atoms with Crippen LogP contribution in [0.3, 0.4) is 0 Å². The van der Waals surface area contributed by atoms with E-state index in [2.05, 4.69) is 39.9 Å². The van der Waals surface area contributed by atoms with Gasteiger partial charge in [-0.1, -0.05) is 49.3 Å². The molecule has 172 valence electrons. The Hall–Kier alpha value is -2.30. The summed E-state index contributed by atoms with van der Waals surface area (Å²) >= 11 is 0. The largest absolute Gasteiger partial charge is 0.444 e. The maximum Gasteiger partial charge on any atom is 0.408 e. The van der Waals surface area contributed by atoms with E-state index in [1.54, 1.807) is 7.05 Å². The molecule has 3 N–H and O–H groups in total. The van der Waals surface area contributed by atoms with E-state index in [4.69, 9.17) is 9.26 Å². The molecular weight excluding hydrogens is 509 g/mol. The number of rotatable bonds is 7. The minimum Gasteiger partial charge on any atom is -0.444 e. The van der Waals surface area contributed by atoms with Gasteiger partial charge in [-0.25, -0.2) is 4.79 Å². The molecule has 0 aliphatic heterocycles. The van der Waals surface area contributed by atoms with Gasteiger partial charge in [-0.15, -0.1) is 24.0 Å². The van der Waals surface area contributed by atoms with Crippen molar-refractivity contribution in [3.05, 3.63) is 53.4 Å². The van der Waals surface area contributed by atoms with Crippen molar-refractivity contribution in [2.24, 2.45) is 4.99 Å². The first-order chi connectivity index (χ1) is 14.2. The summed E-state index contributed by atoms with van der Waals surface area (Å²) in [4.78, 5) is 16.5. The summed E-state index contributed by atoms with van der Waals surface area (Å²) in [6.45, 7) is 10.5. The molecule has 0 aliphatic carbocycles. The molecule has 0 radical (unpaired) electrons. The number of benzene rings is 1. The van der Waals surface area contributed by atoms with Gasteiger partial charge in [0.25, 0.3) is 0 Å². The number of halogens is 1. The lowest BCUT2D eigenvalue weighted by atomic mass is 10.1. The molecule has 0 aliphatic rings. The Balaban J connectivity index is 0.00000480. The molecule has 1 heterocycles. The van der Waals surface area contributed by atoms with E-state index >= 15 is 0 Å². The van der Waals surface area contributed by atoms with Crippen LogP contribution in [0.2, 0.25) is 0 Å². The molecule has 0 bridgehead atoms. The topological polar surface area (TPSA) is 101 Å². The minimum atomic E-state index is -0.567. The van der Waals surface area contributed by atoms with Crippen LogP contribution in [0.15, 0.2) is 45.9 Å². The van der Waals surface area contributed by atoms with Crippen LogP contribution in [-0.4, -0.2) is 36.4 Å². The smallest absolute Gasteiger partial charge is 0.408 e. The van der Waals surface area contributed by atoms with Gasteiger partial charge in [0.15, 0.2) is 11.7 Å². The first-order valence-corrected chi connectivity index (χ1v) is 10.1. The molecule has 2 aromatic rings. The van der Waals surface area contributed by atoms with Crippen molar-refractivity contribution in [3.8, 4) is 0 Å². The second-order valence-electron chi connectivity index (χ2n) is 8.29. The van der Waals surface area contributed by atoms with Gasteiger partial charge in [0.2, 0.25) is 0 Å². The monoisotopic (exact) mass is 543 g/mol. The Kier molecular flexibility index (Phi) is 10.8. The van der Waals surface area contributed by atoms with Crippen LogP contribution in [0.1, 0.15) is 63.6 Å². The summed E-state index contributed by atoms with van der Waals surface area (Å²) in [5.74, 6) is 1.63. The molecule has 1 unspecified atom stereocenters. The zero-order valence-corrected chi connectivity index (χ0v) is 21.4. The van der Waals surface area contributed by atoms with E-state index in [-0.39, 0.29) is 30.0 Å². The molecular formula is C22H34IN5O3. The molecule has 9 heteroatoms. The second-order valence-corrected chi connectivity index (χ2v) is 8.29. The highest BCUT2D eigenvalue weighted by Crippen LogP contribution is 2.15. The molecule has 1 aromatic carbocycles. The minimum absolute atomic E-state index is 0. The summed E-state index contributed by atoms with van der Waals surface area (Å²) in [5, 5.41) is 13.4. The number of hydrogen-bond acceptors (Lipinski definition) is 5. The predicted octanol–water partition coefficient (Wildman–Crippen LogP) is 4.35. The number of nitrogens with one attached hydrogen (secondary N) is 3. The first kappa shape index (κ1) is 26.7.